The zero-order chi connectivity index (χ0) is 11.5. The van der Waals surface area contributed by atoms with Gasteiger partial charge in [0.05, 0.1) is 22.9 Å². The van der Waals surface area contributed by atoms with E-state index in [1.54, 1.807) is 11.3 Å². The molecule has 2 aromatic rings. The van der Waals surface area contributed by atoms with E-state index in [-0.39, 0.29) is 0 Å². The molecule has 0 spiro atoms. The van der Waals surface area contributed by atoms with E-state index in [4.69, 9.17) is 0 Å². The third-order valence-corrected chi connectivity index (χ3v) is 3.23. The SMILES string of the molecule is CNCc1cn(Cc2csc(C)n2)nc1C. The lowest BCUT2D eigenvalue weighted by Gasteiger charge is -1.96. The lowest BCUT2D eigenvalue weighted by atomic mass is 10.3. The first-order valence-electron chi connectivity index (χ1n) is 5.27. The summed E-state index contributed by atoms with van der Waals surface area (Å²) in [5, 5.41) is 10.8. The smallest absolute Gasteiger partial charge is 0.0898 e. The van der Waals surface area contributed by atoms with E-state index in [1.807, 2.05) is 25.6 Å². The minimum Gasteiger partial charge on any atom is -0.316 e. The lowest BCUT2D eigenvalue weighted by molar-refractivity contribution is 0.667. The van der Waals surface area contributed by atoms with Crippen LogP contribution in [0.3, 0.4) is 0 Å². The Morgan fingerprint density at radius 1 is 1.44 bits per heavy atom. The number of rotatable bonds is 4. The minimum atomic E-state index is 0.759. The van der Waals surface area contributed by atoms with Crippen LogP contribution in [0.5, 0.6) is 0 Å². The molecule has 86 valence electrons. The fourth-order valence-electron chi connectivity index (χ4n) is 1.65. The van der Waals surface area contributed by atoms with Crippen molar-refractivity contribution in [3.05, 3.63) is 33.5 Å². The molecule has 0 fully saturated rings. The number of aryl methyl sites for hydroxylation is 2. The molecule has 0 unspecified atom stereocenters. The van der Waals surface area contributed by atoms with Gasteiger partial charge in [0.15, 0.2) is 0 Å². The highest BCUT2D eigenvalue weighted by atomic mass is 32.1. The van der Waals surface area contributed by atoms with Gasteiger partial charge in [0.25, 0.3) is 0 Å². The molecule has 0 aliphatic rings. The van der Waals surface area contributed by atoms with Crippen LogP contribution in [0, 0.1) is 13.8 Å². The molecule has 0 aliphatic heterocycles. The van der Waals surface area contributed by atoms with Crippen molar-refractivity contribution >= 4 is 11.3 Å². The van der Waals surface area contributed by atoms with Crippen LogP contribution in [0.2, 0.25) is 0 Å². The molecule has 0 radical (unpaired) electrons. The maximum Gasteiger partial charge on any atom is 0.0898 e. The molecule has 2 heterocycles. The molecule has 2 aromatic heterocycles. The Labute approximate surface area is 99.3 Å². The van der Waals surface area contributed by atoms with Gasteiger partial charge in [0.1, 0.15) is 0 Å². The highest BCUT2D eigenvalue weighted by Gasteiger charge is 2.05. The Morgan fingerprint density at radius 2 is 2.25 bits per heavy atom. The largest absolute Gasteiger partial charge is 0.316 e. The summed E-state index contributed by atoms with van der Waals surface area (Å²) in [5.74, 6) is 0. The van der Waals surface area contributed by atoms with E-state index < -0.39 is 0 Å². The van der Waals surface area contributed by atoms with Crippen LogP contribution >= 0.6 is 11.3 Å². The summed E-state index contributed by atoms with van der Waals surface area (Å²) >= 11 is 1.68. The van der Waals surface area contributed by atoms with Crippen LogP contribution in [0.15, 0.2) is 11.6 Å². The highest BCUT2D eigenvalue weighted by Crippen LogP contribution is 2.11. The van der Waals surface area contributed by atoms with Crippen molar-refractivity contribution in [1.82, 2.24) is 20.1 Å². The molecule has 0 aromatic carbocycles. The van der Waals surface area contributed by atoms with Crippen LogP contribution in [0.1, 0.15) is 22.0 Å². The molecule has 0 saturated heterocycles. The number of hydrogen-bond donors (Lipinski definition) is 1. The first-order valence-corrected chi connectivity index (χ1v) is 6.15. The van der Waals surface area contributed by atoms with Gasteiger partial charge >= 0.3 is 0 Å². The Bertz CT molecular complexity index is 472. The van der Waals surface area contributed by atoms with E-state index in [0.29, 0.717) is 0 Å². The van der Waals surface area contributed by atoms with Gasteiger partial charge < -0.3 is 5.32 Å². The number of nitrogens with zero attached hydrogens (tertiary/aromatic N) is 3. The Morgan fingerprint density at radius 3 is 2.88 bits per heavy atom. The van der Waals surface area contributed by atoms with Gasteiger partial charge in [0, 0.05) is 23.7 Å². The van der Waals surface area contributed by atoms with E-state index in [2.05, 4.69) is 27.0 Å². The van der Waals surface area contributed by atoms with Gasteiger partial charge in [-0.05, 0) is 20.9 Å². The van der Waals surface area contributed by atoms with Crippen LogP contribution in [0.25, 0.3) is 0 Å². The zero-order valence-electron chi connectivity index (χ0n) is 9.82. The Balaban J connectivity index is 2.13. The summed E-state index contributed by atoms with van der Waals surface area (Å²) < 4.78 is 1.95. The van der Waals surface area contributed by atoms with E-state index in [1.165, 1.54) is 5.56 Å². The average molecular weight is 236 g/mol. The van der Waals surface area contributed by atoms with Crippen molar-refractivity contribution in [3.8, 4) is 0 Å². The fourth-order valence-corrected chi connectivity index (χ4v) is 2.25. The topological polar surface area (TPSA) is 42.7 Å². The summed E-state index contributed by atoms with van der Waals surface area (Å²) in [4.78, 5) is 4.43. The Hall–Kier alpha value is -1.20. The second-order valence-corrected chi connectivity index (χ2v) is 4.89. The summed E-state index contributed by atoms with van der Waals surface area (Å²) in [6.45, 7) is 5.68. The second-order valence-electron chi connectivity index (χ2n) is 3.83. The normalized spacial score (nSPS) is 10.9. The van der Waals surface area contributed by atoms with Gasteiger partial charge in [-0.2, -0.15) is 5.10 Å². The molecule has 0 saturated carbocycles. The molecule has 0 bridgehead atoms. The van der Waals surface area contributed by atoms with Crippen LogP contribution in [-0.4, -0.2) is 21.8 Å². The molecule has 16 heavy (non-hydrogen) atoms. The van der Waals surface area contributed by atoms with Crippen molar-refractivity contribution in [3.63, 3.8) is 0 Å². The molecule has 0 aliphatic carbocycles. The summed E-state index contributed by atoms with van der Waals surface area (Å²) in [7, 11) is 1.95. The number of aromatic nitrogens is 3. The van der Waals surface area contributed by atoms with Crippen LogP contribution in [-0.2, 0) is 13.1 Å². The Kier molecular flexibility index (Phi) is 3.36. The first kappa shape index (κ1) is 11.3. The third-order valence-electron chi connectivity index (χ3n) is 2.41. The quantitative estimate of drug-likeness (QED) is 0.879. The number of hydrogen-bond acceptors (Lipinski definition) is 4. The van der Waals surface area contributed by atoms with E-state index >= 15 is 0 Å². The minimum absolute atomic E-state index is 0.759. The summed E-state index contributed by atoms with van der Waals surface area (Å²) in [5.41, 5.74) is 3.41. The standard InChI is InChI=1S/C11H16N4S/c1-8-10(4-12-3)5-15(14-8)6-11-7-16-9(2)13-11/h5,7,12H,4,6H2,1-3H3. The first-order chi connectivity index (χ1) is 7.69. The van der Waals surface area contributed by atoms with Crippen molar-refractivity contribution in [1.29, 1.82) is 0 Å². The van der Waals surface area contributed by atoms with Crippen molar-refractivity contribution in [2.45, 2.75) is 26.9 Å². The molecule has 5 heteroatoms. The van der Waals surface area contributed by atoms with Gasteiger partial charge in [-0.25, -0.2) is 4.98 Å². The number of nitrogens with one attached hydrogen (secondary N) is 1. The van der Waals surface area contributed by atoms with Crippen LogP contribution < -0.4 is 5.32 Å². The summed E-state index contributed by atoms with van der Waals surface area (Å²) in [6, 6.07) is 0. The lowest BCUT2D eigenvalue weighted by Crippen LogP contribution is -2.05. The third kappa shape index (κ3) is 2.48. The molecule has 0 amide bonds. The van der Waals surface area contributed by atoms with Crippen molar-refractivity contribution < 1.29 is 0 Å². The fraction of sp³-hybridized carbons (Fsp3) is 0.455. The average Bonchev–Trinajstić information content (AvgIpc) is 2.76. The summed E-state index contributed by atoms with van der Waals surface area (Å²) in [6.07, 6.45) is 2.08. The molecule has 4 nitrogen and oxygen atoms in total. The maximum atomic E-state index is 4.48. The van der Waals surface area contributed by atoms with Gasteiger partial charge in [-0.3, -0.25) is 4.68 Å². The van der Waals surface area contributed by atoms with Crippen molar-refractivity contribution in [2.75, 3.05) is 7.05 Å². The van der Waals surface area contributed by atoms with Gasteiger partial charge in [0.2, 0.25) is 0 Å². The zero-order valence-corrected chi connectivity index (χ0v) is 10.6. The predicted octanol–water partition coefficient (Wildman–Crippen LogP) is 1.72. The molecular weight excluding hydrogens is 220 g/mol. The van der Waals surface area contributed by atoms with E-state index in [9.17, 15) is 0 Å². The monoisotopic (exact) mass is 236 g/mol. The van der Waals surface area contributed by atoms with Crippen molar-refractivity contribution in [2.24, 2.45) is 0 Å². The molecule has 0 atom stereocenters. The molecule has 1 N–H and O–H groups in total. The second kappa shape index (κ2) is 4.76. The maximum absolute atomic E-state index is 4.48. The van der Waals surface area contributed by atoms with Gasteiger partial charge in [-0.15, -0.1) is 11.3 Å². The van der Waals surface area contributed by atoms with Gasteiger partial charge in [-0.1, -0.05) is 0 Å². The highest BCUT2D eigenvalue weighted by molar-refractivity contribution is 7.09. The number of thiazole rings is 1. The predicted molar refractivity (Wildman–Crippen MR) is 65.7 cm³/mol. The molecular formula is C11H16N4S. The molecule has 2 rings (SSSR count). The van der Waals surface area contributed by atoms with E-state index in [0.717, 1.165) is 29.5 Å². The van der Waals surface area contributed by atoms with Crippen LogP contribution in [0.4, 0.5) is 0 Å².